The third-order valence-electron chi connectivity index (χ3n) is 4.12. The Kier molecular flexibility index (Phi) is 9.08. The number of carboxylic acid groups (broad SMARTS) is 1. The van der Waals surface area contributed by atoms with E-state index in [9.17, 15) is 19.5 Å². The zero-order chi connectivity index (χ0) is 21.3. The number of Topliss-reactive ketones (excluding diaryl/α,β-unsaturated/α-hetero) is 1. The second-order valence-electron chi connectivity index (χ2n) is 6.82. The summed E-state index contributed by atoms with van der Waals surface area (Å²) in [6.07, 6.45) is -0.427. The van der Waals surface area contributed by atoms with Crippen LogP contribution in [0.3, 0.4) is 0 Å². The average Bonchev–Trinajstić information content (AvgIpc) is 2.64. The number of ketones is 1. The molecule has 0 amide bonds. The number of esters is 1. The highest BCUT2D eigenvalue weighted by molar-refractivity contribution is 6.01. The molecule has 0 heterocycles. The van der Waals surface area contributed by atoms with Gasteiger partial charge in [0.15, 0.2) is 5.78 Å². The van der Waals surface area contributed by atoms with Crippen molar-refractivity contribution in [3.8, 4) is 5.75 Å². The number of methoxy groups -OCH3 is 1. The van der Waals surface area contributed by atoms with Crippen LogP contribution in [0.5, 0.6) is 5.75 Å². The molecule has 1 rings (SSSR count). The molecule has 0 aromatic heterocycles. The van der Waals surface area contributed by atoms with E-state index in [0.717, 1.165) is 0 Å². The molecule has 2 atom stereocenters. The van der Waals surface area contributed by atoms with E-state index >= 15 is 0 Å². The van der Waals surface area contributed by atoms with Gasteiger partial charge in [-0.25, -0.2) is 0 Å². The Morgan fingerprint density at radius 3 is 2.18 bits per heavy atom. The Hall–Kier alpha value is -2.45. The van der Waals surface area contributed by atoms with Crippen molar-refractivity contribution in [3.63, 3.8) is 0 Å². The van der Waals surface area contributed by atoms with Crippen LogP contribution in [0.1, 0.15) is 44.0 Å². The van der Waals surface area contributed by atoms with Crippen LogP contribution in [0.15, 0.2) is 24.3 Å². The summed E-state index contributed by atoms with van der Waals surface area (Å²) in [5.41, 5.74) is -1.10. The summed E-state index contributed by atoms with van der Waals surface area (Å²) >= 11 is 0. The molecule has 0 spiro atoms. The summed E-state index contributed by atoms with van der Waals surface area (Å²) in [5, 5.41) is 18.7. The first-order chi connectivity index (χ1) is 13.1. The first-order valence-electron chi connectivity index (χ1n) is 9.01. The van der Waals surface area contributed by atoms with Crippen molar-refractivity contribution in [2.75, 3.05) is 20.3 Å². The maximum Gasteiger partial charge on any atom is 0.312 e. The van der Waals surface area contributed by atoms with Crippen LogP contribution >= 0.6 is 0 Å². The first kappa shape index (κ1) is 23.6. The predicted octanol–water partition coefficient (Wildman–Crippen LogP) is 2.08. The number of ether oxygens (including phenoxy) is 3. The van der Waals surface area contributed by atoms with Gasteiger partial charge in [-0.1, -0.05) is 6.92 Å². The van der Waals surface area contributed by atoms with Gasteiger partial charge in [0.2, 0.25) is 0 Å². The molecule has 2 unspecified atom stereocenters. The molecule has 0 aliphatic carbocycles. The fraction of sp³-hybridized carbons (Fsp3) is 0.550. The van der Waals surface area contributed by atoms with Crippen LogP contribution in [-0.4, -0.2) is 60.0 Å². The molecule has 0 aliphatic rings. The number of benzene rings is 1. The minimum atomic E-state index is -1.46. The van der Waals surface area contributed by atoms with Crippen LogP contribution in [0.25, 0.3) is 0 Å². The van der Waals surface area contributed by atoms with E-state index in [0.29, 0.717) is 17.7 Å². The molecule has 8 heteroatoms. The van der Waals surface area contributed by atoms with Gasteiger partial charge in [-0.05, 0) is 44.5 Å². The van der Waals surface area contributed by atoms with E-state index in [1.807, 2.05) is 0 Å². The van der Waals surface area contributed by atoms with Crippen LogP contribution in [0.2, 0.25) is 0 Å². The highest BCUT2D eigenvalue weighted by Gasteiger charge is 2.31. The molecule has 0 aliphatic heterocycles. The topological polar surface area (TPSA) is 119 Å². The number of hydrogen-bond acceptors (Lipinski definition) is 7. The van der Waals surface area contributed by atoms with Crippen molar-refractivity contribution >= 4 is 17.7 Å². The van der Waals surface area contributed by atoms with Crippen molar-refractivity contribution in [2.45, 2.75) is 45.3 Å². The molecule has 0 saturated heterocycles. The van der Waals surface area contributed by atoms with Crippen LogP contribution in [-0.2, 0) is 19.1 Å². The van der Waals surface area contributed by atoms with E-state index in [1.165, 1.54) is 33.1 Å². The number of hydrogen-bond donors (Lipinski definition) is 2. The van der Waals surface area contributed by atoms with Crippen molar-refractivity contribution in [3.05, 3.63) is 29.8 Å². The third kappa shape index (κ3) is 7.28. The summed E-state index contributed by atoms with van der Waals surface area (Å²) < 4.78 is 15.7. The zero-order valence-electron chi connectivity index (χ0n) is 16.6. The molecule has 0 radical (unpaired) electrons. The number of carbonyl (C=O) groups is 3. The molecule has 0 saturated carbocycles. The first-order valence-corrected chi connectivity index (χ1v) is 9.01. The van der Waals surface area contributed by atoms with Gasteiger partial charge in [0, 0.05) is 12.7 Å². The molecule has 0 fully saturated rings. The van der Waals surface area contributed by atoms with E-state index in [2.05, 4.69) is 0 Å². The van der Waals surface area contributed by atoms with Crippen molar-refractivity contribution in [1.29, 1.82) is 0 Å². The van der Waals surface area contributed by atoms with Gasteiger partial charge < -0.3 is 24.4 Å². The monoisotopic (exact) mass is 396 g/mol. The summed E-state index contributed by atoms with van der Waals surface area (Å²) in [7, 11) is 1.42. The molecular weight excluding hydrogens is 368 g/mol. The second kappa shape index (κ2) is 10.8. The standard InChI is InChI=1S/C20H28O8/c1-5-16(26-4)15(12-17(21)22)19(24)28-11-10-27-14-8-6-13(7-9-14)18(23)20(2,3)25/h6-9,15-16,25H,5,10-12H2,1-4H3,(H,21,22). The summed E-state index contributed by atoms with van der Waals surface area (Å²) in [4.78, 5) is 35.1. The summed E-state index contributed by atoms with van der Waals surface area (Å²) in [6.45, 7) is 4.63. The Morgan fingerprint density at radius 2 is 1.71 bits per heavy atom. The zero-order valence-corrected chi connectivity index (χ0v) is 16.6. The Morgan fingerprint density at radius 1 is 1.11 bits per heavy atom. The lowest BCUT2D eigenvalue weighted by atomic mass is 9.96. The molecular formula is C20H28O8. The maximum absolute atomic E-state index is 12.2. The lowest BCUT2D eigenvalue weighted by molar-refractivity contribution is -0.159. The van der Waals surface area contributed by atoms with E-state index in [-0.39, 0.29) is 19.6 Å². The van der Waals surface area contributed by atoms with Gasteiger partial charge in [0.1, 0.15) is 24.6 Å². The Balaban J connectivity index is 2.53. The Bertz CT molecular complexity index is 656. The number of carboxylic acids is 1. The van der Waals surface area contributed by atoms with Crippen molar-refractivity contribution in [1.82, 2.24) is 0 Å². The van der Waals surface area contributed by atoms with E-state index < -0.39 is 35.3 Å². The second-order valence-corrected chi connectivity index (χ2v) is 6.82. The van der Waals surface area contributed by atoms with Gasteiger partial charge in [0.05, 0.1) is 18.4 Å². The van der Waals surface area contributed by atoms with Gasteiger partial charge in [-0.15, -0.1) is 0 Å². The van der Waals surface area contributed by atoms with Gasteiger partial charge in [0.25, 0.3) is 0 Å². The highest BCUT2D eigenvalue weighted by atomic mass is 16.6. The number of aliphatic hydroxyl groups is 1. The van der Waals surface area contributed by atoms with Crippen molar-refractivity contribution in [2.24, 2.45) is 5.92 Å². The van der Waals surface area contributed by atoms with Gasteiger partial charge in [-0.3, -0.25) is 14.4 Å². The normalized spacial score (nSPS) is 13.5. The van der Waals surface area contributed by atoms with Crippen LogP contribution in [0.4, 0.5) is 0 Å². The molecule has 28 heavy (non-hydrogen) atoms. The third-order valence-corrected chi connectivity index (χ3v) is 4.12. The SMILES string of the molecule is CCC(OC)C(CC(=O)O)C(=O)OCCOc1ccc(C(=O)C(C)(C)O)cc1. The lowest BCUT2D eigenvalue weighted by Crippen LogP contribution is -2.33. The average molecular weight is 396 g/mol. The van der Waals surface area contributed by atoms with Gasteiger partial charge in [-0.2, -0.15) is 0 Å². The van der Waals surface area contributed by atoms with E-state index in [4.69, 9.17) is 19.3 Å². The number of aliphatic carboxylic acids is 1. The lowest BCUT2D eigenvalue weighted by Gasteiger charge is -2.22. The molecule has 156 valence electrons. The quantitative estimate of drug-likeness (QED) is 0.313. The fourth-order valence-corrected chi connectivity index (χ4v) is 2.63. The molecule has 1 aromatic rings. The Labute approximate surface area is 164 Å². The molecule has 8 nitrogen and oxygen atoms in total. The minimum absolute atomic E-state index is 0.0561. The van der Waals surface area contributed by atoms with Crippen LogP contribution < -0.4 is 4.74 Å². The largest absolute Gasteiger partial charge is 0.490 e. The van der Waals surface area contributed by atoms with Crippen molar-refractivity contribution < 1.29 is 38.8 Å². The number of rotatable bonds is 12. The summed E-state index contributed by atoms with van der Waals surface area (Å²) in [5.74, 6) is -2.57. The highest BCUT2D eigenvalue weighted by Crippen LogP contribution is 2.19. The minimum Gasteiger partial charge on any atom is -0.490 e. The van der Waals surface area contributed by atoms with Gasteiger partial charge >= 0.3 is 11.9 Å². The summed E-state index contributed by atoms with van der Waals surface area (Å²) in [6, 6.07) is 6.22. The smallest absolute Gasteiger partial charge is 0.312 e. The predicted molar refractivity (Wildman–Crippen MR) is 100 cm³/mol. The maximum atomic E-state index is 12.2. The molecule has 2 N–H and O–H groups in total. The fourth-order valence-electron chi connectivity index (χ4n) is 2.63. The number of carbonyl (C=O) groups excluding carboxylic acids is 2. The van der Waals surface area contributed by atoms with Crippen LogP contribution in [0, 0.1) is 5.92 Å². The molecule has 1 aromatic carbocycles. The van der Waals surface area contributed by atoms with E-state index in [1.54, 1.807) is 19.1 Å². The molecule has 0 bridgehead atoms.